The zero-order valence-electron chi connectivity index (χ0n) is 45.9. The maximum Gasteiger partial charge on any atom is 0.306 e. The number of ether oxygens (including phenoxy) is 3. The van der Waals surface area contributed by atoms with Gasteiger partial charge >= 0.3 is 17.9 Å². The third-order valence-electron chi connectivity index (χ3n) is 12.2. The Morgan fingerprint density at radius 1 is 0.296 bits per heavy atom. The first-order valence-electron chi connectivity index (χ1n) is 29.2. The van der Waals surface area contributed by atoms with Crippen LogP contribution in [0, 0.1) is 0 Å². The van der Waals surface area contributed by atoms with Crippen molar-refractivity contribution in [2.45, 2.75) is 258 Å². The Kier molecular flexibility index (Phi) is 54.9. The summed E-state index contributed by atoms with van der Waals surface area (Å²) in [6.45, 7) is 6.33. The van der Waals surface area contributed by atoms with Crippen LogP contribution < -0.4 is 0 Å². The number of carbonyl (C=O) groups is 3. The molecule has 0 rings (SSSR count). The fourth-order valence-corrected chi connectivity index (χ4v) is 7.90. The predicted molar refractivity (Wildman–Crippen MR) is 306 cm³/mol. The van der Waals surface area contributed by atoms with E-state index in [1.807, 2.05) is 72.9 Å². The monoisotopic (exact) mass is 983 g/mol. The van der Waals surface area contributed by atoms with E-state index in [9.17, 15) is 14.4 Å². The zero-order valence-corrected chi connectivity index (χ0v) is 45.9. The lowest BCUT2D eigenvalue weighted by molar-refractivity contribution is -0.167. The number of hydrogen-bond donors (Lipinski definition) is 0. The van der Waals surface area contributed by atoms with Crippen molar-refractivity contribution in [2.24, 2.45) is 0 Å². The Morgan fingerprint density at radius 2 is 0.549 bits per heavy atom. The molecule has 0 aliphatic rings. The van der Waals surface area contributed by atoms with Gasteiger partial charge in [-0.3, -0.25) is 14.4 Å². The largest absolute Gasteiger partial charge is 0.462 e. The second-order valence-corrected chi connectivity index (χ2v) is 19.0. The standard InChI is InChI=1S/C65H106O6/c1-4-7-10-13-16-19-22-25-28-30-32-34-37-40-43-46-49-52-55-58-64(67)70-61-62(60-69-63(66)57-54-51-48-45-42-39-36-27-24-21-18-15-12-9-6-3)71-65(68)59-56-53-50-47-44-41-38-35-33-31-29-26-23-20-17-14-11-8-5-2/h7,9-10,12-13,15-16,18-19,21-22,24-25,28,30,32,34,37,40,43,62H,4-6,8,11,14,17,20,23,26-27,29,31,33,35-36,38-39,41-42,44-61H2,1-3H3/b10-7-,12-9-,16-13-,18-15-,22-19-,24-21-,28-25-,32-30+,37-34-,43-40-. The first kappa shape index (κ1) is 66.8. The number of unbranched alkanes of at least 4 members (excludes halogenated alkanes) is 28. The lowest BCUT2D eigenvalue weighted by Crippen LogP contribution is -2.30. The molecule has 0 saturated carbocycles. The molecule has 0 aromatic carbocycles. The predicted octanol–water partition coefficient (Wildman–Crippen LogP) is 19.6. The first-order valence-corrected chi connectivity index (χ1v) is 29.2. The summed E-state index contributed by atoms with van der Waals surface area (Å²) in [4.78, 5) is 38.2. The molecule has 71 heavy (non-hydrogen) atoms. The molecule has 0 spiro atoms. The van der Waals surface area contributed by atoms with Crippen molar-refractivity contribution in [2.75, 3.05) is 13.2 Å². The molecule has 0 heterocycles. The van der Waals surface area contributed by atoms with E-state index >= 15 is 0 Å². The maximum absolute atomic E-state index is 12.9. The Hall–Kier alpha value is -4.19. The normalized spacial score (nSPS) is 13.0. The first-order chi connectivity index (χ1) is 35.0. The van der Waals surface area contributed by atoms with Crippen LogP contribution in [0.3, 0.4) is 0 Å². The Morgan fingerprint density at radius 3 is 0.873 bits per heavy atom. The summed E-state index contributed by atoms with van der Waals surface area (Å²) in [6.07, 6.45) is 80.4. The molecule has 1 unspecified atom stereocenters. The van der Waals surface area contributed by atoms with E-state index in [0.29, 0.717) is 19.3 Å². The van der Waals surface area contributed by atoms with Crippen molar-refractivity contribution < 1.29 is 28.6 Å². The molecular weight excluding hydrogens is 877 g/mol. The van der Waals surface area contributed by atoms with E-state index in [4.69, 9.17) is 14.2 Å². The minimum atomic E-state index is -0.805. The topological polar surface area (TPSA) is 78.9 Å². The fraction of sp³-hybridized carbons (Fsp3) is 0.646. The number of allylic oxidation sites excluding steroid dienone is 20. The molecule has 0 aliphatic heterocycles. The highest BCUT2D eigenvalue weighted by Gasteiger charge is 2.19. The number of rotatable bonds is 51. The summed E-state index contributed by atoms with van der Waals surface area (Å²) in [5.41, 5.74) is 0. The third kappa shape index (κ3) is 56.6. The van der Waals surface area contributed by atoms with E-state index in [-0.39, 0.29) is 31.1 Å². The van der Waals surface area contributed by atoms with Crippen LogP contribution in [-0.2, 0) is 28.6 Å². The molecule has 6 heteroatoms. The molecule has 0 aromatic rings. The van der Waals surface area contributed by atoms with Gasteiger partial charge in [-0.2, -0.15) is 0 Å². The average Bonchev–Trinajstić information content (AvgIpc) is 3.37. The molecule has 0 radical (unpaired) electrons. The van der Waals surface area contributed by atoms with Crippen LogP contribution >= 0.6 is 0 Å². The van der Waals surface area contributed by atoms with Gasteiger partial charge in [-0.25, -0.2) is 0 Å². The Balaban J connectivity index is 4.49. The summed E-state index contributed by atoms with van der Waals surface area (Å²) >= 11 is 0. The molecule has 0 bridgehead atoms. The molecule has 0 fully saturated rings. The van der Waals surface area contributed by atoms with Gasteiger partial charge in [0.15, 0.2) is 6.10 Å². The van der Waals surface area contributed by atoms with Gasteiger partial charge in [0.05, 0.1) is 0 Å². The average molecular weight is 984 g/mol. The molecule has 0 aromatic heterocycles. The van der Waals surface area contributed by atoms with Crippen LogP contribution in [0.5, 0.6) is 0 Å². The summed E-state index contributed by atoms with van der Waals surface area (Å²) < 4.78 is 16.8. The van der Waals surface area contributed by atoms with Gasteiger partial charge in [-0.1, -0.05) is 296 Å². The van der Waals surface area contributed by atoms with E-state index in [0.717, 1.165) is 83.5 Å². The highest BCUT2D eigenvalue weighted by Crippen LogP contribution is 2.16. The van der Waals surface area contributed by atoms with Crippen LogP contribution in [0.15, 0.2) is 122 Å². The van der Waals surface area contributed by atoms with Crippen molar-refractivity contribution in [1.82, 2.24) is 0 Å². The molecule has 0 N–H and O–H groups in total. The van der Waals surface area contributed by atoms with E-state index in [1.54, 1.807) is 0 Å². The van der Waals surface area contributed by atoms with Gasteiger partial charge in [-0.05, 0) is 57.8 Å². The van der Waals surface area contributed by atoms with Gasteiger partial charge in [-0.15, -0.1) is 0 Å². The van der Waals surface area contributed by atoms with Gasteiger partial charge in [0.25, 0.3) is 0 Å². The Labute approximate surface area is 437 Å². The Bertz CT molecular complexity index is 1500. The maximum atomic E-state index is 12.9. The molecule has 6 nitrogen and oxygen atoms in total. The van der Waals surface area contributed by atoms with Gasteiger partial charge in [0.1, 0.15) is 13.2 Å². The van der Waals surface area contributed by atoms with Crippen LogP contribution in [0.25, 0.3) is 0 Å². The summed E-state index contributed by atoms with van der Waals surface area (Å²) in [7, 11) is 0. The second kappa shape index (κ2) is 58.4. The number of hydrogen-bond acceptors (Lipinski definition) is 6. The van der Waals surface area contributed by atoms with Crippen molar-refractivity contribution in [3.05, 3.63) is 122 Å². The smallest absolute Gasteiger partial charge is 0.306 e. The van der Waals surface area contributed by atoms with Gasteiger partial charge < -0.3 is 14.2 Å². The second-order valence-electron chi connectivity index (χ2n) is 19.0. The van der Waals surface area contributed by atoms with E-state index in [2.05, 4.69) is 69.4 Å². The lowest BCUT2D eigenvalue weighted by Gasteiger charge is -2.18. The molecule has 0 aliphatic carbocycles. The SMILES string of the molecule is CC\C=C/C=C\C=C/C=C\C=C\C=C/C=C\CCCCCC(=O)OCC(COC(=O)CCCCCCCCC\C=C/C=C\C=C/CC)OC(=O)CCCCCCCCCCCCCCCCCCCCC. The fourth-order valence-electron chi connectivity index (χ4n) is 7.90. The van der Waals surface area contributed by atoms with Crippen molar-refractivity contribution in [3.63, 3.8) is 0 Å². The molecule has 402 valence electrons. The van der Waals surface area contributed by atoms with E-state index < -0.39 is 6.10 Å². The molecule has 0 saturated heterocycles. The number of esters is 3. The van der Waals surface area contributed by atoms with Crippen molar-refractivity contribution in [1.29, 1.82) is 0 Å². The van der Waals surface area contributed by atoms with Crippen LogP contribution in [0.1, 0.15) is 252 Å². The molecule has 1 atom stereocenters. The van der Waals surface area contributed by atoms with Gasteiger partial charge in [0.2, 0.25) is 0 Å². The highest BCUT2D eigenvalue weighted by atomic mass is 16.6. The molecular formula is C65H106O6. The van der Waals surface area contributed by atoms with Gasteiger partial charge in [0, 0.05) is 19.3 Å². The highest BCUT2D eigenvalue weighted by molar-refractivity contribution is 5.71. The number of carbonyl (C=O) groups excluding carboxylic acids is 3. The molecule has 0 amide bonds. The van der Waals surface area contributed by atoms with E-state index in [1.165, 1.54) is 128 Å². The minimum absolute atomic E-state index is 0.101. The zero-order chi connectivity index (χ0) is 51.4. The minimum Gasteiger partial charge on any atom is -0.462 e. The summed E-state index contributed by atoms with van der Waals surface area (Å²) in [6, 6.07) is 0. The van der Waals surface area contributed by atoms with Crippen LogP contribution in [0.2, 0.25) is 0 Å². The lowest BCUT2D eigenvalue weighted by atomic mass is 10.0. The van der Waals surface area contributed by atoms with Crippen LogP contribution in [-0.4, -0.2) is 37.2 Å². The summed E-state index contributed by atoms with van der Waals surface area (Å²) in [5.74, 6) is -0.955. The summed E-state index contributed by atoms with van der Waals surface area (Å²) in [5, 5.41) is 0. The third-order valence-corrected chi connectivity index (χ3v) is 12.2. The van der Waals surface area contributed by atoms with Crippen LogP contribution in [0.4, 0.5) is 0 Å². The van der Waals surface area contributed by atoms with Crippen molar-refractivity contribution in [3.8, 4) is 0 Å². The quantitative estimate of drug-likeness (QED) is 0.0261. The van der Waals surface area contributed by atoms with Crippen molar-refractivity contribution >= 4 is 17.9 Å².